The Morgan fingerprint density at radius 1 is 1.42 bits per heavy atom. The maximum atomic E-state index is 11.8. The second kappa shape index (κ2) is 4.05. The van der Waals surface area contributed by atoms with Gasteiger partial charge in [-0.2, -0.15) is 0 Å². The SMILES string of the molecule is CCC(=O)CC(=O)OC1(C)C2CC3CC2C(=O)OC31. The average Bonchev–Trinajstić information content (AvgIpc) is 2.84. The van der Waals surface area contributed by atoms with Crippen molar-refractivity contribution in [1.29, 1.82) is 0 Å². The van der Waals surface area contributed by atoms with Crippen molar-refractivity contribution in [2.24, 2.45) is 17.8 Å². The third kappa shape index (κ3) is 1.70. The first-order valence-electron chi connectivity index (χ1n) is 6.89. The van der Waals surface area contributed by atoms with Gasteiger partial charge in [0.1, 0.15) is 23.9 Å². The minimum atomic E-state index is -0.730. The lowest BCUT2D eigenvalue weighted by molar-refractivity contribution is -0.220. The molecule has 0 radical (unpaired) electrons. The van der Waals surface area contributed by atoms with Crippen LogP contribution in [0.3, 0.4) is 0 Å². The van der Waals surface area contributed by atoms with Gasteiger partial charge >= 0.3 is 11.9 Å². The van der Waals surface area contributed by atoms with Crippen molar-refractivity contribution in [3.05, 3.63) is 0 Å². The summed E-state index contributed by atoms with van der Waals surface area (Å²) in [6.07, 6.45) is 1.56. The predicted molar refractivity (Wildman–Crippen MR) is 64.0 cm³/mol. The minimum Gasteiger partial charge on any atom is -0.458 e. The van der Waals surface area contributed by atoms with Gasteiger partial charge in [0.2, 0.25) is 0 Å². The van der Waals surface area contributed by atoms with E-state index in [1.54, 1.807) is 6.92 Å². The predicted octanol–water partition coefficient (Wildman–Crippen LogP) is 1.24. The van der Waals surface area contributed by atoms with Crippen LogP contribution in [0, 0.1) is 17.8 Å². The molecule has 0 N–H and O–H groups in total. The van der Waals surface area contributed by atoms with Crippen LogP contribution in [-0.2, 0) is 23.9 Å². The first-order chi connectivity index (χ1) is 8.95. The summed E-state index contributed by atoms with van der Waals surface area (Å²) in [6, 6.07) is 0. The Bertz CT molecular complexity index is 453. The van der Waals surface area contributed by atoms with Crippen LogP contribution in [0.4, 0.5) is 0 Å². The summed E-state index contributed by atoms with van der Waals surface area (Å²) in [5.41, 5.74) is -0.730. The van der Waals surface area contributed by atoms with Crippen molar-refractivity contribution >= 4 is 17.7 Å². The van der Waals surface area contributed by atoms with Gasteiger partial charge in [-0.15, -0.1) is 0 Å². The lowest BCUT2D eigenvalue weighted by Gasteiger charge is -2.47. The highest BCUT2D eigenvalue weighted by atomic mass is 16.6. The van der Waals surface area contributed by atoms with E-state index in [-0.39, 0.29) is 36.1 Å². The molecule has 2 heterocycles. The Hall–Kier alpha value is -1.39. The fraction of sp³-hybridized carbons (Fsp3) is 0.786. The quantitative estimate of drug-likeness (QED) is 0.565. The van der Waals surface area contributed by atoms with E-state index in [1.807, 2.05) is 6.92 Å². The van der Waals surface area contributed by atoms with E-state index in [4.69, 9.17) is 9.47 Å². The van der Waals surface area contributed by atoms with E-state index < -0.39 is 11.6 Å². The largest absolute Gasteiger partial charge is 0.458 e. The lowest BCUT2D eigenvalue weighted by Crippen LogP contribution is -2.59. The van der Waals surface area contributed by atoms with Crippen molar-refractivity contribution in [2.45, 2.75) is 51.2 Å². The molecule has 0 amide bonds. The molecule has 5 heteroatoms. The number of ketones is 1. The smallest absolute Gasteiger partial charge is 0.313 e. The zero-order valence-corrected chi connectivity index (χ0v) is 11.2. The van der Waals surface area contributed by atoms with Gasteiger partial charge in [0.15, 0.2) is 0 Å². The van der Waals surface area contributed by atoms with Crippen LogP contribution < -0.4 is 0 Å². The number of ether oxygens (including phenoxy) is 2. The zero-order chi connectivity index (χ0) is 13.8. The van der Waals surface area contributed by atoms with Gasteiger partial charge < -0.3 is 9.47 Å². The van der Waals surface area contributed by atoms with Crippen LogP contribution in [0.15, 0.2) is 0 Å². The van der Waals surface area contributed by atoms with Crippen LogP contribution in [-0.4, -0.2) is 29.4 Å². The monoisotopic (exact) mass is 266 g/mol. The Kier molecular flexibility index (Phi) is 2.69. The number of hydrogen-bond acceptors (Lipinski definition) is 5. The summed E-state index contributed by atoms with van der Waals surface area (Å²) in [5.74, 6) is -0.532. The summed E-state index contributed by atoms with van der Waals surface area (Å²) in [7, 11) is 0. The Morgan fingerprint density at radius 2 is 2.16 bits per heavy atom. The van der Waals surface area contributed by atoms with Gasteiger partial charge in [0.25, 0.3) is 0 Å². The van der Waals surface area contributed by atoms with Crippen LogP contribution in [0.2, 0.25) is 0 Å². The normalized spacial score (nSPS) is 42.3. The summed E-state index contributed by atoms with van der Waals surface area (Å²) in [4.78, 5) is 34.8. The fourth-order valence-electron chi connectivity index (χ4n) is 4.02. The fourth-order valence-corrected chi connectivity index (χ4v) is 4.02. The molecule has 19 heavy (non-hydrogen) atoms. The van der Waals surface area contributed by atoms with Crippen LogP contribution >= 0.6 is 0 Å². The van der Waals surface area contributed by atoms with E-state index >= 15 is 0 Å². The highest BCUT2D eigenvalue weighted by Gasteiger charge is 2.69. The Balaban J connectivity index is 1.73. The maximum Gasteiger partial charge on any atom is 0.313 e. The number of rotatable bonds is 4. The van der Waals surface area contributed by atoms with E-state index in [2.05, 4.69) is 0 Å². The molecule has 5 nitrogen and oxygen atoms in total. The highest BCUT2D eigenvalue weighted by molar-refractivity contribution is 5.95. The molecule has 4 bridgehead atoms. The molecule has 5 unspecified atom stereocenters. The molecular weight excluding hydrogens is 248 g/mol. The van der Waals surface area contributed by atoms with Gasteiger partial charge in [-0.3, -0.25) is 14.4 Å². The van der Waals surface area contributed by atoms with Crippen molar-refractivity contribution in [3.8, 4) is 0 Å². The molecule has 4 fully saturated rings. The van der Waals surface area contributed by atoms with Crippen molar-refractivity contribution in [2.75, 3.05) is 0 Å². The zero-order valence-electron chi connectivity index (χ0n) is 11.2. The number of Topliss-reactive ketones (excluding diaryl/α,β-unsaturated/α-hetero) is 1. The standard InChI is InChI=1S/C14H18O5/c1-3-8(15)6-11(16)19-14(2)10-5-7-4-9(10)13(17)18-12(7)14/h7,9-10,12H,3-6H2,1-2H3. The summed E-state index contributed by atoms with van der Waals surface area (Å²) >= 11 is 0. The molecule has 0 aromatic rings. The molecule has 104 valence electrons. The molecule has 5 atom stereocenters. The summed E-state index contributed by atoms with van der Waals surface area (Å²) < 4.78 is 10.9. The van der Waals surface area contributed by atoms with Crippen LogP contribution in [0.25, 0.3) is 0 Å². The van der Waals surface area contributed by atoms with Gasteiger partial charge in [-0.1, -0.05) is 6.92 Å². The first kappa shape index (κ1) is 12.6. The van der Waals surface area contributed by atoms with Gasteiger partial charge in [-0.05, 0) is 19.8 Å². The number of esters is 2. The molecular formula is C14H18O5. The second-order valence-corrected chi connectivity index (χ2v) is 6.03. The van der Waals surface area contributed by atoms with Crippen molar-refractivity contribution < 1.29 is 23.9 Å². The lowest BCUT2D eigenvalue weighted by atomic mass is 9.73. The number of hydrogen-bond donors (Lipinski definition) is 0. The van der Waals surface area contributed by atoms with E-state index in [9.17, 15) is 14.4 Å². The topological polar surface area (TPSA) is 69.7 Å². The number of carbonyl (C=O) groups is 3. The number of carbonyl (C=O) groups excluding carboxylic acids is 3. The third-order valence-electron chi connectivity index (χ3n) is 4.94. The molecule has 4 aliphatic rings. The minimum absolute atomic E-state index is 0.0597. The molecule has 0 aromatic carbocycles. The van der Waals surface area contributed by atoms with Gasteiger partial charge in [0.05, 0.1) is 5.92 Å². The van der Waals surface area contributed by atoms with Gasteiger partial charge in [0, 0.05) is 18.3 Å². The molecule has 2 aliphatic carbocycles. The average molecular weight is 266 g/mol. The van der Waals surface area contributed by atoms with Crippen molar-refractivity contribution in [1.82, 2.24) is 0 Å². The Labute approximate surface area is 111 Å². The van der Waals surface area contributed by atoms with Crippen molar-refractivity contribution in [3.63, 3.8) is 0 Å². The first-order valence-corrected chi connectivity index (χ1v) is 6.89. The van der Waals surface area contributed by atoms with E-state index in [0.29, 0.717) is 12.3 Å². The maximum absolute atomic E-state index is 11.8. The Morgan fingerprint density at radius 3 is 2.79 bits per heavy atom. The highest BCUT2D eigenvalue weighted by Crippen LogP contribution is 2.60. The third-order valence-corrected chi connectivity index (χ3v) is 4.94. The second-order valence-electron chi connectivity index (χ2n) is 6.03. The summed E-state index contributed by atoms with van der Waals surface area (Å²) in [6.45, 7) is 3.56. The number of fused-ring (bicyclic) bond motifs is 1. The molecule has 0 spiro atoms. The van der Waals surface area contributed by atoms with E-state index in [0.717, 1.165) is 12.8 Å². The molecule has 2 saturated carbocycles. The molecule has 2 saturated heterocycles. The van der Waals surface area contributed by atoms with Gasteiger partial charge in [-0.25, -0.2) is 0 Å². The van der Waals surface area contributed by atoms with Crippen LogP contribution in [0.1, 0.15) is 39.5 Å². The van der Waals surface area contributed by atoms with E-state index in [1.165, 1.54) is 0 Å². The summed E-state index contributed by atoms with van der Waals surface area (Å²) in [5, 5.41) is 0. The molecule has 0 aromatic heterocycles. The molecule has 2 aliphatic heterocycles. The van der Waals surface area contributed by atoms with Crippen LogP contribution in [0.5, 0.6) is 0 Å². The molecule has 4 rings (SSSR count).